The third-order valence-corrected chi connectivity index (χ3v) is 5.87. The number of hydrogen-bond donors (Lipinski definition) is 3. The van der Waals surface area contributed by atoms with Gasteiger partial charge in [0.05, 0.1) is 17.9 Å². The van der Waals surface area contributed by atoms with E-state index < -0.39 is 10.0 Å². The number of rotatable bonds is 12. The van der Waals surface area contributed by atoms with Gasteiger partial charge in [-0.2, -0.15) is 0 Å². The molecule has 0 saturated carbocycles. The summed E-state index contributed by atoms with van der Waals surface area (Å²) < 4.78 is 26.7. The van der Waals surface area contributed by atoms with Gasteiger partial charge in [0.25, 0.3) is 5.91 Å². The third kappa shape index (κ3) is 7.77. The van der Waals surface area contributed by atoms with Gasteiger partial charge >= 0.3 is 0 Å². The first-order valence-corrected chi connectivity index (χ1v) is 11.8. The van der Waals surface area contributed by atoms with Crippen LogP contribution in [0.4, 0.5) is 5.69 Å². The standard InChI is InChI=1S/C23H26N4O4S/c28-23(21-9-4-5-10-22(21)25-17-19-11-14-24-15-12-19)27-31-16-6-13-26-32(29,30)18-20-7-2-1-3-8-20/h1-5,7-12,14-15,25-26H,6,13,16-18H2,(H,27,28). The van der Waals surface area contributed by atoms with Crippen molar-refractivity contribution in [2.45, 2.75) is 18.7 Å². The molecule has 0 aliphatic rings. The van der Waals surface area contributed by atoms with E-state index in [1.165, 1.54) is 0 Å². The van der Waals surface area contributed by atoms with Crippen LogP contribution in [0.5, 0.6) is 0 Å². The summed E-state index contributed by atoms with van der Waals surface area (Å²) in [6.45, 7) is 0.943. The first-order chi connectivity index (χ1) is 15.5. The molecule has 2 aromatic carbocycles. The van der Waals surface area contributed by atoms with Gasteiger partial charge in [-0.3, -0.25) is 14.6 Å². The maximum absolute atomic E-state index is 12.5. The Bertz CT molecular complexity index is 1090. The lowest BCUT2D eigenvalue weighted by Gasteiger charge is -2.12. The Labute approximate surface area is 188 Å². The number of sulfonamides is 1. The van der Waals surface area contributed by atoms with Crippen LogP contribution in [0.2, 0.25) is 0 Å². The predicted molar refractivity (Wildman–Crippen MR) is 123 cm³/mol. The minimum Gasteiger partial charge on any atom is -0.380 e. The average molecular weight is 455 g/mol. The molecular formula is C23H26N4O4S. The summed E-state index contributed by atoms with van der Waals surface area (Å²) in [5, 5.41) is 3.24. The second kappa shape index (κ2) is 11.9. The van der Waals surface area contributed by atoms with Crippen LogP contribution < -0.4 is 15.5 Å². The van der Waals surface area contributed by atoms with Crippen molar-refractivity contribution in [3.63, 3.8) is 0 Å². The zero-order valence-electron chi connectivity index (χ0n) is 17.5. The van der Waals surface area contributed by atoms with E-state index in [9.17, 15) is 13.2 Å². The number of pyridine rings is 1. The van der Waals surface area contributed by atoms with Crippen molar-refractivity contribution >= 4 is 21.6 Å². The van der Waals surface area contributed by atoms with Gasteiger partial charge in [0.2, 0.25) is 10.0 Å². The molecule has 32 heavy (non-hydrogen) atoms. The van der Waals surface area contributed by atoms with Gasteiger partial charge in [-0.1, -0.05) is 42.5 Å². The van der Waals surface area contributed by atoms with Gasteiger partial charge in [0.15, 0.2) is 0 Å². The summed E-state index contributed by atoms with van der Waals surface area (Å²) in [5.41, 5.74) is 5.30. The lowest BCUT2D eigenvalue weighted by atomic mass is 10.1. The Kier molecular flexibility index (Phi) is 8.73. The molecule has 0 aliphatic heterocycles. The molecule has 1 aromatic heterocycles. The highest BCUT2D eigenvalue weighted by Crippen LogP contribution is 2.16. The maximum atomic E-state index is 12.5. The highest BCUT2D eigenvalue weighted by Gasteiger charge is 2.12. The van der Waals surface area contributed by atoms with E-state index in [1.54, 1.807) is 48.8 Å². The number of aromatic nitrogens is 1. The molecule has 0 unspecified atom stereocenters. The molecule has 9 heteroatoms. The monoisotopic (exact) mass is 454 g/mol. The largest absolute Gasteiger partial charge is 0.380 e. The fourth-order valence-electron chi connectivity index (χ4n) is 2.92. The zero-order valence-corrected chi connectivity index (χ0v) is 18.3. The van der Waals surface area contributed by atoms with Crippen LogP contribution in [0.25, 0.3) is 0 Å². The normalized spacial score (nSPS) is 11.1. The molecule has 0 aliphatic carbocycles. The van der Waals surface area contributed by atoms with Gasteiger partial charge in [-0.05, 0) is 41.8 Å². The number of nitrogens with zero attached hydrogens (tertiary/aromatic N) is 1. The van der Waals surface area contributed by atoms with Crippen LogP contribution in [0.1, 0.15) is 27.9 Å². The quantitative estimate of drug-likeness (QED) is 0.287. The molecule has 8 nitrogen and oxygen atoms in total. The molecule has 0 spiro atoms. The van der Waals surface area contributed by atoms with Crippen molar-refractivity contribution in [2.24, 2.45) is 0 Å². The molecular weight excluding hydrogens is 428 g/mol. The molecule has 1 heterocycles. The highest BCUT2D eigenvalue weighted by molar-refractivity contribution is 7.88. The molecule has 3 N–H and O–H groups in total. The van der Waals surface area contributed by atoms with E-state index >= 15 is 0 Å². The van der Waals surface area contributed by atoms with E-state index in [1.807, 2.05) is 30.3 Å². The van der Waals surface area contributed by atoms with Crippen molar-refractivity contribution in [3.05, 3.63) is 95.8 Å². The van der Waals surface area contributed by atoms with Crippen LogP contribution in [0.15, 0.2) is 79.1 Å². The molecule has 3 rings (SSSR count). The van der Waals surface area contributed by atoms with Crippen LogP contribution in [0.3, 0.4) is 0 Å². The lowest BCUT2D eigenvalue weighted by molar-refractivity contribution is 0.0308. The molecule has 0 bridgehead atoms. The first-order valence-electron chi connectivity index (χ1n) is 10.2. The predicted octanol–water partition coefficient (Wildman–Crippen LogP) is 2.86. The number of carbonyl (C=O) groups is 1. The number of anilines is 1. The Hall–Kier alpha value is -3.27. The number of amides is 1. The van der Waals surface area contributed by atoms with Crippen molar-refractivity contribution in [1.82, 2.24) is 15.2 Å². The average Bonchev–Trinajstić information content (AvgIpc) is 2.81. The van der Waals surface area contributed by atoms with Crippen molar-refractivity contribution in [2.75, 3.05) is 18.5 Å². The minimum absolute atomic E-state index is 0.0747. The highest BCUT2D eigenvalue weighted by atomic mass is 32.2. The van der Waals surface area contributed by atoms with Crippen molar-refractivity contribution in [1.29, 1.82) is 0 Å². The van der Waals surface area contributed by atoms with Gasteiger partial charge < -0.3 is 5.32 Å². The van der Waals surface area contributed by atoms with Gasteiger partial charge in [-0.25, -0.2) is 18.6 Å². The van der Waals surface area contributed by atoms with Crippen LogP contribution in [-0.4, -0.2) is 32.5 Å². The summed E-state index contributed by atoms with van der Waals surface area (Å²) in [5.74, 6) is -0.457. The van der Waals surface area contributed by atoms with Gasteiger partial charge in [-0.15, -0.1) is 0 Å². The fourth-order valence-corrected chi connectivity index (χ4v) is 4.11. The van der Waals surface area contributed by atoms with Gasteiger partial charge in [0.1, 0.15) is 0 Å². The number of para-hydroxylation sites is 1. The van der Waals surface area contributed by atoms with Crippen molar-refractivity contribution in [3.8, 4) is 0 Å². The van der Waals surface area contributed by atoms with E-state index in [2.05, 4.69) is 20.5 Å². The maximum Gasteiger partial charge on any atom is 0.276 e. The van der Waals surface area contributed by atoms with E-state index in [-0.39, 0.29) is 24.8 Å². The Balaban J connectivity index is 1.39. The fraction of sp³-hybridized carbons (Fsp3) is 0.217. The molecule has 0 radical (unpaired) electrons. The number of nitrogens with one attached hydrogen (secondary N) is 3. The Morgan fingerprint density at radius 2 is 1.62 bits per heavy atom. The van der Waals surface area contributed by atoms with E-state index in [0.29, 0.717) is 24.2 Å². The molecule has 0 fully saturated rings. The lowest BCUT2D eigenvalue weighted by Crippen LogP contribution is -2.29. The summed E-state index contributed by atoms with van der Waals surface area (Å²) in [4.78, 5) is 21.7. The molecule has 1 amide bonds. The number of benzene rings is 2. The van der Waals surface area contributed by atoms with Gasteiger partial charge in [0, 0.05) is 31.2 Å². The molecule has 0 saturated heterocycles. The summed E-state index contributed by atoms with van der Waals surface area (Å²) in [6, 6.07) is 19.9. The van der Waals surface area contributed by atoms with Crippen molar-refractivity contribution < 1.29 is 18.0 Å². The Morgan fingerprint density at radius 3 is 2.41 bits per heavy atom. The summed E-state index contributed by atoms with van der Waals surface area (Å²) in [6.07, 6.45) is 3.84. The van der Waals surface area contributed by atoms with Crippen LogP contribution >= 0.6 is 0 Å². The zero-order chi connectivity index (χ0) is 22.7. The molecule has 0 atom stereocenters. The second-order valence-corrected chi connectivity index (χ2v) is 8.83. The van der Waals surface area contributed by atoms with E-state index in [0.717, 1.165) is 11.1 Å². The molecule has 3 aromatic rings. The second-order valence-electron chi connectivity index (χ2n) is 7.03. The minimum atomic E-state index is -3.42. The topological polar surface area (TPSA) is 109 Å². The summed E-state index contributed by atoms with van der Waals surface area (Å²) in [7, 11) is -3.42. The Morgan fingerprint density at radius 1 is 0.906 bits per heavy atom. The first kappa shape index (κ1) is 23.4. The smallest absolute Gasteiger partial charge is 0.276 e. The number of carbonyl (C=O) groups excluding carboxylic acids is 1. The SMILES string of the molecule is O=C(NOCCCNS(=O)(=O)Cc1ccccc1)c1ccccc1NCc1ccncc1. The van der Waals surface area contributed by atoms with E-state index in [4.69, 9.17) is 4.84 Å². The number of hydrogen-bond acceptors (Lipinski definition) is 6. The third-order valence-electron chi connectivity index (χ3n) is 4.51. The molecule has 168 valence electrons. The number of hydroxylamine groups is 1. The van der Waals surface area contributed by atoms with Crippen LogP contribution in [-0.2, 0) is 27.2 Å². The van der Waals surface area contributed by atoms with Crippen LogP contribution in [0, 0.1) is 0 Å². The summed E-state index contributed by atoms with van der Waals surface area (Å²) >= 11 is 0.